The molecule has 3 heterocycles. The molecule has 2 N–H and O–H groups in total. The summed E-state index contributed by atoms with van der Waals surface area (Å²) in [4.78, 5) is 15.4. The van der Waals surface area contributed by atoms with Crippen molar-refractivity contribution in [3.63, 3.8) is 0 Å². The van der Waals surface area contributed by atoms with Crippen LogP contribution in [0.4, 0.5) is 0 Å². The fourth-order valence-corrected chi connectivity index (χ4v) is 3.14. The number of aromatic nitrogens is 2. The maximum Gasteiger partial charge on any atom is 0.257 e. The standard InChI is InChI=1S/C14H17N3O3S/c18-8-10-7-17(3-4-20-9-10)14(19)11-6-15-16-13(11)12-2-1-5-21-12/h1-2,5-6,10,18H,3-4,7-9H2,(H,15,16). The molecule has 0 radical (unpaired) electrons. The summed E-state index contributed by atoms with van der Waals surface area (Å²) >= 11 is 1.56. The van der Waals surface area contributed by atoms with E-state index in [1.165, 1.54) is 0 Å². The zero-order chi connectivity index (χ0) is 14.7. The molecule has 1 amide bonds. The van der Waals surface area contributed by atoms with Crippen LogP contribution in [-0.4, -0.2) is 59.0 Å². The Morgan fingerprint density at radius 3 is 3.29 bits per heavy atom. The molecule has 6 nitrogen and oxygen atoms in total. The Kier molecular flexibility index (Phi) is 4.33. The van der Waals surface area contributed by atoms with Crippen LogP contribution in [0.5, 0.6) is 0 Å². The third kappa shape index (κ3) is 2.99. The van der Waals surface area contributed by atoms with Crippen LogP contribution in [0.15, 0.2) is 23.7 Å². The van der Waals surface area contributed by atoms with Gasteiger partial charge in [-0.1, -0.05) is 6.07 Å². The van der Waals surface area contributed by atoms with Gasteiger partial charge in [-0.05, 0) is 11.4 Å². The van der Waals surface area contributed by atoms with Crippen molar-refractivity contribution in [1.82, 2.24) is 15.1 Å². The van der Waals surface area contributed by atoms with Crippen molar-refractivity contribution in [2.24, 2.45) is 5.92 Å². The van der Waals surface area contributed by atoms with Crippen LogP contribution in [0.2, 0.25) is 0 Å². The van der Waals surface area contributed by atoms with Crippen molar-refractivity contribution in [1.29, 1.82) is 0 Å². The molecule has 112 valence electrons. The van der Waals surface area contributed by atoms with E-state index in [-0.39, 0.29) is 18.4 Å². The highest BCUT2D eigenvalue weighted by atomic mass is 32.1. The lowest BCUT2D eigenvalue weighted by Gasteiger charge is -2.22. The number of H-pyrrole nitrogens is 1. The Bertz CT molecular complexity index is 596. The average molecular weight is 307 g/mol. The van der Waals surface area contributed by atoms with E-state index in [2.05, 4.69) is 10.2 Å². The molecule has 3 rings (SSSR count). The molecule has 2 aromatic heterocycles. The predicted molar refractivity (Wildman–Crippen MR) is 79.2 cm³/mol. The highest BCUT2D eigenvalue weighted by Gasteiger charge is 2.26. The van der Waals surface area contributed by atoms with Crippen LogP contribution in [-0.2, 0) is 4.74 Å². The molecule has 1 aliphatic heterocycles. The number of carbonyl (C=O) groups excluding carboxylic acids is 1. The maximum atomic E-state index is 12.7. The number of aliphatic hydroxyl groups is 1. The summed E-state index contributed by atoms with van der Waals surface area (Å²) in [6.07, 6.45) is 1.57. The van der Waals surface area contributed by atoms with Gasteiger partial charge >= 0.3 is 0 Å². The van der Waals surface area contributed by atoms with Gasteiger partial charge in [0.25, 0.3) is 5.91 Å². The van der Waals surface area contributed by atoms with E-state index in [1.54, 1.807) is 22.4 Å². The van der Waals surface area contributed by atoms with E-state index in [0.717, 1.165) is 10.6 Å². The van der Waals surface area contributed by atoms with Gasteiger partial charge < -0.3 is 14.7 Å². The van der Waals surface area contributed by atoms with Crippen LogP contribution >= 0.6 is 11.3 Å². The first-order valence-electron chi connectivity index (χ1n) is 6.84. The molecule has 0 saturated carbocycles. The first kappa shape index (κ1) is 14.2. The highest BCUT2D eigenvalue weighted by molar-refractivity contribution is 7.13. The molecule has 1 aliphatic rings. The summed E-state index contributed by atoms with van der Waals surface area (Å²) in [6, 6.07) is 3.90. The number of amides is 1. The van der Waals surface area contributed by atoms with Crippen molar-refractivity contribution < 1.29 is 14.6 Å². The summed E-state index contributed by atoms with van der Waals surface area (Å²) in [6.45, 7) is 2.04. The van der Waals surface area contributed by atoms with Gasteiger partial charge in [0, 0.05) is 25.6 Å². The van der Waals surface area contributed by atoms with Crippen LogP contribution in [0.1, 0.15) is 10.4 Å². The van der Waals surface area contributed by atoms with Crippen molar-refractivity contribution in [3.8, 4) is 10.6 Å². The summed E-state index contributed by atoms with van der Waals surface area (Å²) in [5.74, 6) is -0.107. The minimum absolute atomic E-state index is 0.0208. The minimum Gasteiger partial charge on any atom is -0.396 e. The number of ether oxygens (including phenoxy) is 1. The lowest BCUT2D eigenvalue weighted by molar-refractivity contribution is 0.0729. The molecule has 2 aromatic rings. The van der Waals surface area contributed by atoms with E-state index in [1.807, 2.05) is 17.5 Å². The third-order valence-corrected chi connectivity index (χ3v) is 4.41. The van der Waals surface area contributed by atoms with E-state index < -0.39 is 0 Å². The molecule has 7 heteroatoms. The zero-order valence-electron chi connectivity index (χ0n) is 11.5. The Labute approximate surface area is 126 Å². The smallest absolute Gasteiger partial charge is 0.257 e. The summed E-state index contributed by atoms with van der Waals surface area (Å²) in [5.41, 5.74) is 1.32. The molecule has 0 aromatic carbocycles. The molecule has 1 atom stereocenters. The van der Waals surface area contributed by atoms with Gasteiger partial charge in [-0.2, -0.15) is 5.10 Å². The fourth-order valence-electron chi connectivity index (χ4n) is 2.40. The Hall–Kier alpha value is -1.70. The molecule has 0 spiro atoms. The van der Waals surface area contributed by atoms with Crippen molar-refractivity contribution in [3.05, 3.63) is 29.3 Å². The monoisotopic (exact) mass is 307 g/mol. The van der Waals surface area contributed by atoms with Gasteiger partial charge in [0.2, 0.25) is 0 Å². The number of carbonyl (C=O) groups is 1. The largest absolute Gasteiger partial charge is 0.396 e. The minimum atomic E-state index is -0.0731. The quantitative estimate of drug-likeness (QED) is 0.893. The van der Waals surface area contributed by atoms with Crippen LogP contribution in [0.25, 0.3) is 10.6 Å². The van der Waals surface area contributed by atoms with E-state index in [9.17, 15) is 9.90 Å². The first-order chi connectivity index (χ1) is 10.3. The zero-order valence-corrected chi connectivity index (χ0v) is 12.3. The number of aliphatic hydroxyl groups excluding tert-OH is 1. The fraction of sp³-hybridized carbons (Fsp3) is 0.429. The summed E-state index contributed by atoms with van der Waals surface area (Å²) in [5, 5.41) is 18.2. The number of hydrogen-bond acceptors (Lipinski definition) is 5. The van der Waals surface area contributed by atoms with E-state index >= 15 is 0 Å². The lowest BCUT2D eigenvalue weighted by atomic mass is 10.1. The van der Waals surface area contributed by atoms with E-state index in [4.69, 9.17) is 4.74 Å². The SMILES string of the molecule is O=C(c1cn[nH]c1-c1cccs1)N1CCOCC(CO)C1. The molecule has 0 bridgehead atoms. The highest BCUT2D eigenvalue weighted by Crippen LogP contribution is 2.27. The second-order valence-electron chi connectivity index (χ2n) is 5.01. The number of thiophene rings is 1. The molecule has 0 aliphatic carbocycles. The van der Waals surface area contributed by atoms with Crippen LogP contribution in [0, 0.1) is 5.92 Å². The number of rotatable bonds is 3. The average Bonchev–Trinajstić information content (AvgIpc) is 3.13. The topological polar surface area (TPSA) is 78.5 Å². The Morgan fingerprint density at radius 1 is 1.62 bits per heavy atom. The van der Waals surface area contributed by atoms with Gasteiger partial charge in [0.05, 0.1) is 35.5 Å². The molecule has 1 fully saturated rings. The van der Waals surface area contributed by atoms with Gasteiger partial charge in [-0.15, -0.1) is 11.3 Å². The first-order valence-corrected chi connectivity index (χ1v) is 7.72. The lowest BCUT2D eigenvalue weighted by Crippen LogP contribution is -2.36. The third-order valence-electron chi connectivity index (χ3n) is 3.52. The van der Waals surface area contributed by atoms with Crippen LogP contribution < -0.4 is 0 Å². The second-order valence-corrected chi connectivity index (χ2v) is 5.96. The van der Waals surface area contributed by atoms with Gasteiger partial charge in [0.15, 0.2) is 0 Å². The predicted octanol–water partition coefficient (Wildman–Crippen LogP) is 1.22. The number of aromatic amines is 1. The number of nitrogens with zero attached hydrogens (tertiary/aromatic N) is 2. The van der Waals surface area contributed by atoms with Crippen molar-refractivity contribution >= 4 is 17.2 Å². The van der Waals surface area contributed by atoms with Crippen molar-refractivity contribution in [2.75, 3.05) is 32.9 Å². The summed E-state index contributed by atoms with van der Waals surface area (Å²) in [7, 11) is 0. The number of nitrogens with one attached hydrogen (secondary N) is 1. The molecular weight excluding hydrogens is 290 g/mol. The number of hydrogen-bond donors (Lipinski definition) is 2. The van der Waals surface area contributed by atoms with Gasteiger partial charge in [-0.25, -0.2) is 0 Å². The second kappa shape index (κ2) is 6.38. The normalized spacial score (nSPS) is 19.5. The van der Waals surface area contributed by atoms with Crippen LogP contribution in [0.3, 0.4) is 0 Å². The van der Waals surface area contributed by atoms with E-state index in [0.29, 0.717) is 31.9 Å². The molecular formula is C14H17N3O3S. The Morgan fingerprint density at radius 2 is 2.52 bits per heavy atom. The molecule has 1 saturated heterocycles. The van der Waals surface area contributed by atoms with Crippen molar-refractivity contribution in [2.45, 2.75) is 0 Å². The summed E-state index contributed by atoms with van der Waals surface area (Å²) < 4.78 is 5.42. The maximum absolute atomic E-state index is 12.7. The van der Waals surface area contributed by atoms with Gasteiger partial charge in [-0.3, -0.25) is 9.89 Å². The molecule has 1 unspecified atom stereocenters. The van der Waals surface area contributed by atoms with Gasteiger partial charge in [0.1, 0.15) is 0 Å². The molecule has 21 heavy (non-hydrogen) atoms. The Balaban J connectivity index is 1.83.